The molecule has 0 bridgehead atoms. The van der Waals surface area contributed by atoms with E-state index in [0.717, 1.165) is 17.0 Å². The van der Waals surface area contributed by atoms with Gasteiger partial charge in [-0.25, -0.2) is 4.98 Å². The first kappa shape index (κ1) is 18.3. The monoisotopic (exact) mass is 410 g/mol. The van der Waals surface area contributed by atoms with Crippen molar-refractivity contribution in [2.45, 2.75) is 16.4 Å². The van der Waals surface area contributed by atoms with E-state index in [1.807, 2.05) is 44.5 Å². The first-order chi connectivity index (χ1) is 11.8. The number of fused-ring (bicyclic) bond motifs is 1. The Bertz CT molecular complexity index is 770. The molecule has 3 rings (SSSR count). The van der Waals surface area contributed by atoms with Gasteiger partial charge in [-0.1, -0.05) is 39.8 Å². The van der Waals surface area contributed by atoms with Crippen LogP contribution in [0.2, 0.25) is 0 Å². The highest BCUT2D eigenvalue weighted by atomic mass is 33.5. The minimum absolute atomic E-state index is 0.962. The van der Waals surface area contributed by atoms with Crippen LogP contribution in [0.1, 0.15) is 10.6 Å². The molecule has 2 nitrogen and oxygen atoms in total. The molecule has 126 valence electrons. The van der Waals surface area contributed by atoms with Crippen molar-refractivity contribution in [3.63, 3.8) is 0 Å². The molecular formula is C17H18N2S5. The number of thioether (sulfide) groups is 1. The normalized spacial score (nSPS) is 11.1. The van der Waals surface area contributed by atoms with Crippen LogP contribution in [0.15, 0.2) is 47.4 Å². The fourth-order valence-electron chi connectivity index (χ4n) is 2.22. The Hall–Kier alpha value is -0.470. The number of hydrogen-bond acceptors (Lipinski definition) is 7. The molecule has 24 heavy (non-hydrogen) atoms. The molecular weight excluding hydrogens is 393 g/mol. The highest BCUT2D eigenvalue weighted by Gasteiger charge is 2.05. The zero-order chi connectivity index (χ0) is 16.8. The summed E-state index contributed by atoms with van der Waals surface area (Å²) in [5, 5.41) is 4.48. The molecule has 0 unspecified atom stereocenters. The van der Waals surface area contributed by atoms with Gasteiger partial charge in [0.1, 0.15) is 5.01 Å². The van der Waals surface area contributed by atoms with Crippen LogP contribution in [-0.2, 0) is 11.5 Å². The van der Waals surface area contributed by atoms with Crippen LogP contribution < -0.4 is 5.32 Å². The summed E-state index contributed by atoms with van der Waals surface area (Å²) in [5.41, 5.74) is 3.69. The summed E-state index contributed by atoms with van der Waals surface area (Å²) in [5.74, 6) is 1.98. The average molecular weight is 411 g/mol. The molecule has 0 saturated heterocycles. The van der Waals surface area contributed by atoms with Crippen molar-refractivity contribution in [1.29, 1.82) is 0 Å². The van der Waals surface area contributed by atoms with Crippen LogP contribution in [0.5, 0.6) is 0 Å². The Morgan fingerprint density at radius 3 is 2.71 bits per heavy atom. The quantitative estimate of drug-likeness (QED) is 0.249. The highest BCUT2D eigenvalue weighted by molar-refractivity contribution is 9.09. The first-order valence-corrected chi connectivity index (χ1v) is 13.3. The maximum atomic E-state index is 4.67. The lowest BCUT2D eigenvalue weighted by atomic mass is 10.2. The molecule has 0 fully saturated rings. The van der Waals surface area contributed by atoms with E-state index in [4.69, 9.17) is 0 Å². The molecule has 0 saturated carbocycles. The minimum atomic E-state index is 0.962. The fourth-order valence-corrected chi connectivity index (χ4v) is 7.57. The van der Waals surface area contributed by atoms with Gasteiger partial charge in [0.2, 0.25) is 0 Å². The lowest BCUT2D eigenvalue weighted by molar-refractivity contribution is 1.32. The number of thiazole rings is 1. The number of benzene rings is 2. The Morgan fingerprint density at radius 2 is 1.92 bits per heavy atom. The Labute approximate surface area is 162 Å². The predicted octanol–water partition coefficient (Wildman–Crippen LogP) is 6.79. The number of nitrogens with zero attached hydrogens (tertiary/aromatic N) is 1. The lowest BCUT2D eigenvalue weighted by Crippen LogP contribution is -1.92. The molecule has 0 aliphatic carbocycles. The molecule has 1 aromatic heterocycles. The van der Waals surface area contributed by atoms with Crippen molar-refractivity contribution in [2.24, 2.45) is 0 Å². The molecule has 0 radical (unpaired) electrons. The van der Waals surface area contributed by atoms with Gasteiger partial charge in [-0.2, -0.15) is 0 Å². The molecule has 1 heterocycles. The molecule has 0 aliphatic heterocycles. The maximum Gasteiger partial charge on any atom is 0.105 e. The van der Waals surface area contributed by atoms with Crippen molar-refractivity contribution < 1.29 is 0 Å². The number of aromatic nitrogens is 1. The molecule has 7 heteroatoms. The van der Waals surface area contributed by atoms with Gasteiger partial charge < -0.3 is 5.32 Å². The highest BCUT2D eigenvalue weighted by Crippen LogP contribution is 2.40. The molecule has 0 aliphatic rings. The van der Waals surface area contributed by atoms with E-state index in [2.05, 4.69) is 53.0 Å². The van der Waals surface area contributed by atoms with E-state index >= 15 is 0 Å². The van der Waals surface area contributed by atoms with Gasteiger partial charge in [0.05, 0.1) is 16.0 Å². The number of nitrogens with one attached hydrogen (secondary N) is 1. The van der Waals surface area contributed by atoms with E-state index in [1.165, 1.54) is 25.9 Å². The summed E-state index contributed by atoms with van der Waals surface area (Å²) in [6, 6.07) is 15.0. The third-order valence-corrected chi connectivity index (χ3v) is 9.44. The van der Waals surface area contributed by atoms with Crippen LogP contribution in [0.4, 0.5) is 5.69 Å². The summed E-state index contributed by atoms with van der Waals surface area (Å²) in [6.07, 6.45) is 2.11. The summed E-state index contributed by atoms with van der Waals surface area (Å²) < 4.78 is 1.28. The van der Waals surface area contributed by atoms with Gasteiger partial charge in [-0.15, -0.1) is 23.1 Å². The van der Waals surface area contributed by atoms with Gasteiger partial charge in [0.15, 0.2) is 0 Å². The van der Waals surface area contributed by atoms with E-state index in [1.54, 1.807) is 23.1 Å². The maximum absolute atomic E-state index is 4.67. The standard InChI is InChI=1S/C17H18N2S5/c1-18-14-9-12(7-8-15(14)20-2)10-21-24-22-11-17-19-13-5-3-4-6-16(13)23-17/h3-9,18H,10-11H2,1-2H3. The van der Waals surface area contributed by atoms with Crippen LogP contribution in [0.25, 0.3) is 10.2 Å². The Balaban J connectivity index is 1.45. The van der Waals surface area contributed by atoms with Gasteiger partial charge >= 0.3 is 0 Å². The SMILES string of the molecule is CNc1cc(CSSSCc2nc3ccccc3s2)ccc1SC. The van der Waals surface area contributed by atoms with E-state index < -0.39 is 0 Å². The predicted molar refractivity (Wildman–Crippen MR) is 118 cm³/mol. The van der Waals surface area contributed by atoms with Crippen LogP contribution in [0, 0.1) is 0 Å². The van der Waals surface area contributed by atoms with Crippen molar-refractivity contribution in [2.75, 3.05) is 18.6 Å². The number of anilines is 1. The smallest absolute Gasteiger partial charge is 0.105 e. The summed E-state index contributed by atoms with van der Waals surface area (Å²) in [7, 11) is 7.58. The summed E-state index contributed by atoms with van der Waals surface area (Å²) in [6.45, 7) is 0. The second-order valence-corrected chi connectivity index (χ2v) is 11.1. The third kappa shape index (κ3) is 4.79. The summed E-state index contributed by atoms with van der Waals surface area (Å²) >= 11 is 3.57. The molecule has 2 aromatic carbocycles. The second-order valence-electron chi connectivity index (χ2n) is 4.95. The van der Waals surface area contributed by atoms with Gasteiger partial charge in [0, 0.05) is 23.4 Å². The Morgan fingerprint density at radius 1 is 1.08 bits per heavy atom. The molecule has 0 spiro atoms. The molecule has 0 amide bonds. The first-order valence-electron chi connectivity index (χ1n) is 7.40. The van der Waals surface area contributed by atoms with Gasteiger partial charge in [-0.05, 0) is 45.9 Å². The third-order valence-electron chi connectivity index (χ3n) is 3.38. The second kappa shape index (κ2) is 9.29. The zero-order valence-corrected chi connectivity index (χ0v) is 17.5. The largest absolute Gasteiger partial charge is 0.387 e. The van der Waals surface area contributed by atoms with Crippen molar-refractivity contribution in [3.05, 3.63) is 53.0 Å². The minimum Gasteiger partial charge on any atom is -0.387 e. The average Bonchev–Trinajstić information content (AvgIpc) is 3.04. The van der Waals surface area contributed by atoms with Crippen LogP contribution >= 0.6 is 54.5 Å². The van der Waals surface area contributed by atoms with Gasteiger partial charge in [-0.3, -0.25) is 0 Å². The van der Waals surface area contributed by atoms with E-state index in [9.17, 15) is 0 Å². The van der Waals surface area contributed by atoms with Crippen LogP contribution in [0.3, 0.4) is 0 Å². The van der Waals surface area contributed by atoms with Gasteiger partial charge in [0.25, 0.3) is 0 Å². The summed E-state index contributed by atoms with van der Waals surface area (Å²) in [4.78, 5) is 5.97. The van der Waals surface area contributed by atoms with E-state index in [0.29, 0.717) is 0 Å². The number of rotatable bonds is 8. The van der Waals surface area contributed by atoms with Crippen molar-refractivity contribution >= 4 is 70.4 Å². The Kier molecular flexibility index (Phi) is 7.09. The van der Waals surface area contributed by atoms with Crippen LogP contribution in [-0.4, -0.2) is 18.3 Å². The molecule has 0 atom stereocenters. The molecule has 3 aromatic rings. The zero-order valence-electron chi connectivity index (χ0n) is 13.4. The van der Waals surface area contributed by atoms with E-state index in [-0.39, 0.29) is 0 Å². The lowest BCUT2D eigenvalue weighted by Gasteiger charge is -2.09. The number of hydrogen-bond donors (Lipinski definition) is 1. The number of para-hydroxylation sites is 1. The topological polar surface area (TPSA) is 24.9 Å². The van der Waals surface area contributed by atoms with Crippen molar-refractivity contribution in [1.82, 2.24) is 4.98 Å². The fraction of sp³-hybridized carbons (Fsp3) is 0.235. The molecule has 1 N–H and O–H groups in total. The van der Waals surface area contributed by atoms with Crippen molar-refractivity contribution in [3.8, 4) is 0 Å².